The Morgan fingerprint density at radius 2 is 1.51 bits per heavy atom. The summed E-state index contributed by atoms with van der Waals surface area (Å²) in [5.41, 5.74) is 4.19. The molecule has 0 spiro atoms. The largest absolute Gasteiger partial charge is 0.494 e. The van der Waals surface area contributed by atoms with E-state index in [4.69, 9.17) is 14.5 Å². The van der Waals surface area contributed by atoms with Crippen LogP contribution in [0.2, 0.25) is 0 Å². The fourth-order valence-electron chi connectivity index (χ4n) is 5.24. The molecule has 0 aliphatic heterocycles. The van der Waals surface area contributed by atoms with Gasteiger partial charge in [0.15, 0.2) is 0 Å². The predicted octanol–water partition coefficient (Wildman–Crippen LogP) is 6.62. The first-order valence-corrected chi connectivity index (χ1v) is 14.8. The number of hydrogen-bond donors (Lipinski definition) is 0. The second-order valence-corrected chi connectivity index (χ2v) is 10.3. The predicted molar refractivity (Wildman–Crippen MR) is 171 cm³/mol. The van der Waals surface area contributed by atoms with E-state index in [0.29, 0.717) is 48.8 Å². The highest BCUT2D eigenvalue weighted by Crippen LogP contribution is 2.25. The Balaban J connectivity index is 1.51. The van der Waals surface area contributed by atoms with Gasteiger partial charge in [0.2, 0.25) is 5.91 Å². The molecule has 1 heterocycles. The Hall–Kier alpha value is -4.75. The van der Waals surface area contributed by atoms with Crippen LogP contribution in [0.4, 0.5) is 0 Å². The van der Waals surface area contributed by atoms with Gasteiger partial charge < -0.3 is 14.4 Å². The molecule has 0 radical (unpaired) electrons. The third kappa shape index (κ3) is 6.84. The van der Waals surface area contributed by atoms with Crippen molar-refractivity contribution >= 4 is 16.8 Å². The minimum Gasteiger partial charge on any atom is -0.494 e. The summed E-state index contributed by atoms with van der Waals surface area (Å²) < 4.78 is 12.9. The Bertz CT molecular complexity index is 1710. The Morgan fingerprint density at radius 3 is 2.21 bits per heavy atom. The maximum Gasteiger partial charge on any atom is 0.266 e. The molecule has 220 valence electrons. The smallest absolute Gasteiger partial charge is 0.266 e. The van der Waals surface area contributed by atoms with Gasteiger partial charge in [-0.2, -0.15) is 0 Å². The van der Waals surface area contributed by atoms with Crippen molar-refractivity contribution < 1.29 is 14.3 Å². The number of benzene rings is 4. The molecule has 7 nitrogen and oxygen atoms in total. The molecule has 5 rings (SSSR count). The maximum atomic E-state index is 13.9. The van der Waals surface area contributed by atoms with Crippen molar-refractivity contribution in [1.29, 1.82) is 0 Å². The van der Waals surface area contributed by atoms with Crippen LogP contribution in [0.15, 0.2) is 108 Å². The molecule has 0 aliphatic rings. The van der Waals surface area contributed by atoms with Crippen LogP contribution in [-0.2, 0) is 16.0 Å². The highest BCUT2D eigenvalue weighted by atomic mass is 16.5. The molecule has 0 unspecified atom stereocenters. The fourth-order valence-corrected chi connectivity index (χ4v) is 5.24. The summed E-state index contributed by atoms with van der Waals surface area (Å²) in [7, 11) is 0. The molecule has 0 aliphatic carbocycles. The molecular formula is C36H37N3O4. The van der Waals surface area contributed by atoms with Crippen LogP contribution in [0, 0.1) is 0 Å². The molecule has 0 saturated heterocycles. The topological polar surface area (TPSA) is 73.7 Å². The fraction of sp³-hybridized carbons (Fsp3) is 0.250. The molecule has 43 heavy (non-hydrogen) atoms. The van der Waals surface area contributed by atoms with Gasteiger partial charge in [-0.1, -0.05) is 66.7 Å². The van der Waals surface area contributed by atoms with Gasteiger partial charge in [-0.05, 0) is 73.9 Å². The van der Waals surface area contributed by atoms with Crippen LogP contribution in [0.1, 0.15) is 38.2 Å². The minimum absolute atomic E-state index is 0.0692. The molecule has 0 N–H and O–H groups in total. The monoisotopic (exact) mass is 575 g/mol. The summed E-state index contributed by atoms with van der Waals surface area (Å²) in [4.78, 5) is 34.6. The number of nitrogens with zero attached hydrogens (tertiary/aromatic N) is 3. The lowest BCUT2D eigenvalue weighted by molar-refractivity contribution is -0.133. The van der Waals surface area contributed by atoms with Gasteiger partial charge in [0, 0.05) is 13.2 Å². The van der Waals surface area contributed by atoms with E-state index in [2.05, 4.69) is 12.1 Å². The first kappa shape index (κ1) is 29.7. The van der Waals surface area contributed by atoms with Gasteiger partial charge in [0.05, 0.1) is 42.3 Å². The summed E-state index contributed by atoms with van der Waals surface area (Å²) in [5.74, 6) is 1.13. The number of rotatable bonds is 12. The van der Waals surface area contributed by atoms with Crippen molar-refractivity contribution in [3.63, 3.8) is 0 Å². The molecule has 1 amide bonds. The Labute approximate surface area is 252 Å². The van der Waals surface area contributed by atoms with Crippen LogP contribution in [0.3, 0.4) is 0 Å². The van der Waals surface area contributed by atoms with Crippen LogP contribution >= 0.6 is 0 Å². The zero-order valence-electron chi connectivity index (χ0n) is 24.9. The highest BCUT2D eigenvalue weighted by Gasteiger charge is 2.27. The summed E-state index contributed by atoms with van der Waals surface area (Å²) in [5, 5.41) is 0.512. The van der Waals surface area contributed by atoms with Crippen LogP contribution in [-0.4, -0.2) is 46.7 Å². The summed E-state index contributed by atoms with van der Waals surface area (Å²) in [6.45, 7) is 7.61. The van der Waals surface area contributed by atoms with Gasteiger partial charge in [-0.3, -0.25) is 14.2 Å². The minimum atomic E-state index is -0.513. The van der Waals surface area contributed by atoms with Gasteiger partial charge >= 0.3 is 0 Å². The summed E-state index contributed by atoms with van der Waals surface area (Å²) >= 11 is 0. The number of hydrogen-bond acceptors (Lipinski definition) is 5. The summed E-state index contributed by atoms with van der Waals surface area (Å²) in [6.07, 6.45) is 0.215. The average Bonchev–Trinajstić information content (AvgIpc) is 3.04. The lowest BCUT2D eigenvalue weighted by Gasteiger charge is -2.30. The number of aromatic nitrogens is 2. The first-order chi connectivity index (χ1) is 21.0. The molecule has 0 fully saturated rings. The molecule has 7 heteroatoms. The highest BCUT2D eigenvalue weighted by molar-refractivity contribution is 5.80. The van der Waals surface area contributed by atoms with Crippen molar-refractivity contribution in [3.05, 3.63) is 125 Å². The van der Waals surface area contributed by atoms with Gasteiger partial charge in [0.25, 0.3) is 5.56 Å². The standard InChI is InChI=1S/C36H37N3O4/c1-4-42-24-23-38(34(40)25-27-15-17-29(18-16-27)28-11-7-6-8-12-28)26(3)35-37-33-14-10-9-13-32(33)36(41)39(35)30-19-21-31(22-20-30)43-5-2/h6-22,26H,4-5,23-25H2,1-3H3/t26-/m1/s1. The van der Waals surface area contributed by atoms with Gasteiger partial charge in [-0.15, -0.1) is 0 Å². The lowest BCUT2D eigenvalue weighted by atomic mass is 10.0. The van der Waals surface area contributed by atoms with Crippen molar-refractivity contribution in [2.24, 2.45) is 0 Å². The van der Waals surface area contributed by atoms with E-state index < -0.39 is 6.04 Å². The lowest BCUT2D eigenvalue weighted by Crippen LogP contribution is -2.40. The first-order valence-electron chi connectivity index (χ1n) is 14.8. The second kappa shape index (κ2) is 13.9. The van der Waals surface area contributed by atoms with E-state index in [0.717, 1.165) is 22.4 Å². The zero-order valence-corrected chi connectivity index (χ0v) is 24.9. The second-order valence-electron chi connectivity index (χ2n) is 10.3. The Kier molecular flexibility index (Phi) is 9.64. The number of carbonyl (C=O) groups is 1. The molecule has 1 atom stereocenters. The van der Waals surface area contributed by atoms with Crippen LogP contribution < -0.4 is 10.3 Å². The van der Waals surface area contributed by atoms with E-state index >= 15 is 0 Å². The number of carbonyl (C=O) groups excluding carboxylic acids is 1. The van der Waals surface area contributed by atoms with Crippen molar-refractivity contribution in [2.45, 2.75) is 33.2 Å². The number of amides is 1. The zero-order chi connectivity index (χ0) is 30.2. The molecule has 4 aromatic carbocycles. The van der Waals surface area contributed by atoms with Gasteiger partial charge in [-0.25, -0.2) is 4.98 Å². The maximum absolute atomic E-state index is 13.9. The molecular weight excluding hydrogens is 538 g/mol. The molecule has 0 saturated carbocycles. The molecule has 0 bridgehead atoms. The number of ether oxygens (including phenoxy) is 2. The average molecular weight is 576 g/mol. The van der Waals surface area contributed by atoms with E-state index in [-0.39, 0.29) is 17.9 Å². The van der Waals surface area contributed by atoms with E-state index in [1.165, 1.54) is 0 Å². The van der Waals surface area contributed by atoms with E-state index in [1.54, 1.807) is 15.5 Å². The van der Waals surface area contributed by atoms with Crippen molar-refractivity contribution in [1.82, 2.24) is 14.5 Å². The van der Waals surface area contributed by atoms with E-state index in [9.17, 15) is 9.59 Å². The van der Waals surface area contributed by atoms with E-state index in [1.807, 2.05) is 106 Å². The van der Waals surface area contributed by atoms with Crippen LogP contribution in [0.25, 0.3) is 27.7 Å². The number of fused-ring (bicyclic) bond motifs is 1. The van der Waals surface area contributed by atoms with Crippen molar-refractivity contribution in [3.8, 4) is 22.6 Å². The molecule has 1 aromatic heterocycles. The van der Waals surface area contributed by atoms with Crippen LogP contribution in [0.5, 0.6) is 5.75 Å². The summed E-state index contributed by atoms with van der Waals surface area (Å²) in [6, 6.07) is 32.4. The number of para-hydroxylation sites is 1. The van der Waals surface area contributed by atoms with Crippen molar-refractivity contribution in [2.75, 3.05) is 26.4 Å². The normalized spacial score (nSPS) is 11.8. The quantitative estimate of drug-likeness (QED) is 0.156. The third-order valence-electron chi connectivity index (χ3n) is 7.47. The third-order valence-corrected chi connectivity index (χ3v) is 7.47. The molecule has 5 aromatic rings. The van der Waals surface area contributed by atoms with Gasteiger partial charge in [0.1, 0.15) is 11.6 Å². The SMILES string of the molecule is CCOCCN(C(=O)Cc1ccc(-c2ccccc2)cc1)[C@H](C)c1nc2ccccc2c(=O)n1-c1ccc(OCC)cc1. The Morgan fingerprint density at radius 1 is 0.837 bits per heavy atom.